The molecule has 27 heavy (non-hydrogen) atoms. The van der Waals surface area contributed by atoms with Crippen LogP contribution in [-0.4, -0.2) is 84.2 Å². The number of carbonyl (C=O) groups is 2. The number of urea groups is 1. The van der Waals surface area contributed by atoms with Crippen LogP contribution in [0.5, 0.6) is 5.88 Å². The fraction of sp³-hybridized carbons (Fsp3) is 0.368. The standard InChI is InChI=1S/C19H23N5O3/c1-22(2)19(26)24-11-9-23(10-12-24)18(25)15-6-4-5-14(13-15)16-7-8-17(27-3)21-20-16/h4-8,13H,9-12H2,1-3H3. The molecule has 0 unspecified atom stereocenters. The van der Waals surface area contributed by atoms with Crippen LogP contribution in [0.1, 0.15) is 10.4 Å². The molecule has 0 bridgehead atoms. The summed E-state index contributed by atoms with van der Waals surface area (Å²) in [5, 5.41) is 8.10. The third-order valence-corrected chi connectivity index (χ3v) is 4.47. The molecule has 2 heterocycles. The molecule has 3 amide bonds. The predicted octanol–water partition coefficient (Wildman–Crippen LogP) is 1.59. The topological polar surface area (TPSA) is 78.9 Å². The number of methoxy groups -OCH3 is 1. The Morgan fingerprint density at radius 1 is 1.00 bits per heavy atom. The molecular weight excluding hydrogens is 346 g/mol. The van der Waals surface area contributed by atoms with Crippen molar-refractivity contribution < 1.29 is 14.3 Å². The molecule has 8 heteroatoms. The molecular formula is C19H23N5O3. The molecule has 2 aromatic rings. The SMILES string of the molecule is COc1ccc(-c2cccc(C(=O)N3CCN(C(=O)N(C)C)CC3)c2)nn1. The van der Waals surface area contributed by atoms with E-state index in [1.807, 2.05) is 18.2 Å². The van der Waals surface area contributed by atoms with Gasteiger partial charge in [-0.25, -0.2) is 4.79 Å². The number of aromatic nitrogens is 2. The van der Waals surface area contributed by atoms with Gasteiger partial charge in [0.2, 0.25) is 5.88 Å². The van der Waals surface area contributed by atoms with Gasteiger partial charge in [-0.05, 0) is 18.2 Å². The van der Waals surface area contributed by atoms with E-state index in [2.05, 4.69) is 10.2 Å². The van der Waals surface area contributed by atoms with Gasteiger partial charge in [0.1, 0.15) is 0 Å². The largest absolute Gasteiger partial charge is 0.480 e. The molecule has 0 N–H and O–H groups in total. The maximum atomic E-state index is 12.9. The zero-order chi connectivity index (χ0) is 19.4. The van der Waals surface area contributed by atoms with Crippen LogP contribution < -0.4 is 4.74 Å². The number of hydrogen-bond acceptors (Lipinski definition) is 5. The molecule has 1 aromatic carbocycles. The molecule has 0 aliphatic carbocycles. The van der Waals surface area contributed by atoms with Gasteiger partial charge in [0, 0.05) is 57.5 Å². The van der Waals surface area contributed by atoms with Crippen LogP contribution in [-0.2, 0) is 0 Å². The minimum Gasteiger partial charge on any atom is -0.480 e. The minimum atomic E-state index is -0.0460. The van der Waals surface area contributed by atoms with Gasteiger partial charge < -0.3 is 19.4 Å². The third-order valence-electron chi connectivity index (χ3n) is 4.47. The van der Waals surface area contributed by atoms with Crippen molar-refractivity contribution in [3.63, 3.8) is 0 Å². The quantitative estimate of drug-likeness (QED) is 0.821. The minimum absolute atomic E-state index is 0.0258. The zero-order valence-electron chi connectivity index (χ0n) is 15.8. The van der Waals surface area contributed by atoms with Crippen LogP contribution in [0, 0.1) is 0 Å². The van der Waals surface area contributed by atoms with Gasteiger partial charge >= 0.3 is 6.03 Å². The maximum absolute atomic E-state index is 12.9. The molecule has 142 valence electrons. The van der Waals surface area contributed by atoms with Crippen molar-refractivity contribution in [2.45, 2.75) is 0 Å². The van der Waals surface area contributed by atoms with Gasteiger partial charge in [-0.1, -0.05) is 12.1 Å². The van der Waals surface area contributed by atoms with Crippen LogP contribution in [0.4, 0.5) is 4.79 Å². The Morgan fingerprint density at radius 3 is 2.30 bits per heavy atom. The first-order valence-corrected chi connectivity index (χ1v) is 8.73. The van der Waals surface area contributed by atoms with Crippen molar-refractivity contribution in [3.8, 4) is 17.1 Å². The van der Waals surface area contributed by atoms with E-state index in [0.717, 1.165) is 5.56 Å². The first-order chi connectivity index (χ1) is 13.0. The number of rotatable bonds is 3. The molecule has 1 saturated heterocycles. The smallest absolute Gasteiger partial charge is 0.319 e. The Kier molecular flexibility index (Phi) is 5.54. The summed E-state index contributed by atoms with van der Waals surface area (Å²) < 4.78 is 5.02. The molecule has 1 aliphatic rings. The zero-order valence-corrected chi connectivity index (χ0v) is 15.8. The number of ether oxygens (including phenoxy) is 1. The van der Waals surface area contributed by atoms with Crippen LogP contribution >= 0.6 is 0 Å². The summed E-state index contributed by atoms with van der Waals surface area (Å²) in [7, 11) is 5.00. The van der Waals surface area contributed by atoms with Crippen LogP contribution in [0.3, 0.4) is 0 Å². The van der Waals surface area contributed by atoms with Gasteiger partial charge in [0.05, 0.1) is 12.8 Å². The number of hydrogen-bond donors (Lipinski definition) is 0. The van der Waals surface area contributed by atoms with E-state index in [1.165, 1.54) is 7.11 Å². The van der Waals surface area contributed by atoms with Crippen LogP contribution in [0.15, 0.2) is 36.4 Å². The van der Waals surface area contributed by atoms with Crippen molar-refractivity contribution in [1.82, 2.24) is 24.9 Å². The van der Waals surface area contributed by atoms with E-state index in [0.29, 0.717) is 43.3 Å². The lowest BCUT2D eigenvalue weighted by atomic mass is 10.1. The lowest BCUT2D eigenvalue weighted by Gasteiger charge is -2.36. The molecule has 0 saturated carbocycles. The Labute approximate surface area is 158 Å². The summed E-state index contributed by atoms with van der Waals surface area (Å²) in [5.41, 5.74) is 2.08. The highest BCUT2D eigenvalue weighted by molar-refractivity contribution is 5.95. The van der Waals surface area contributed by atoms with E-state index >= 15 is 0 Å². The molecule has 1 aliphatic heterocycles. The summed E-state index contributed by atoms with van der Waals surface area (Å²) in [5.74, 6) is 0.395. The summed E-state index contributed by atoms with van der Waals surface area (Å²) >= 11 is 0. The molecule has 0 radical (unpaired) electrons. The monoisotopic (exact) mass is 369 g/mol. The second-order valence-corrected chi connectivity index (χ2v) is 6.50. The lowest BCUT2D eigenvalue weighted by molar-refractivity contribution is 0.0650. The van der Waals surface area contributed by atoms with Gasteiger partial charge in [-0.2, -0.15) is 0 Å². The summed E-state index contributed by atoms with van der Waals surface area (Å²) in [6.45, 7) is 2.11. The normalized spacial score (nSPS) is 14.0. The molecule has 0 atom stereocenters. The second kappa shape index (κ2) is 8.03. The Bertz CT molecular complexity index is 814. The van der Waals surface area contributed by atoms with Crippen LogP contribution in [0.25, 0.3) is 11.3 Å². The van der Waals surface area contributed by atoms with Gasteiger partial charge in [0.25, 0.3) is 5.91 Å². The Hall–Kier alpha value is -3.16. The van der Waals surface area contributed by atoms with Gasteiger partial charge in [-0.3, -0.25) is 4.79 Å². The van der Waals surface area contributed by atoms with E-state index < -0.39 is 0 Å². The number of carbonyl (C=O) groups excluding carboxylic acids is 2. The first kappa shape index (κ1) is 18.6. The summed E-state index contributed by atoms with van der Waals surface area (Å²) in [6, 6.07) is 10.8. The number of amides is 3. The van der Waals surface area contributed by atoms with Crippen molar-refractivity contribution in [1.29, 1.82) is 0 Å². The molecule has 0 spiro atoms. The van der Waals surface area contributed by atoms with E-state index in [1.54, 1.807) is 47.0 Å². The lowest BCUT2D eigenvalue weighted by Crippen LogP contribution is -2.52. The number of nitrogens with zero attached hydrogens (tertiary/aromatic N) is 5. The average Bonchev–Trinajstić information content (AvgIpc) is 2.73. The maximum Gasteiger partial charge on any atom is 0.319 e. The van der Waals surface area contributed by atoms with Gasteiger partial charge in [-0.15, -0.1) is 10.2 Å². The van der Waals surface area contributed by atoms with Crippen LogP contribution in [0.2, 0.25) is 0 Å². The highest BCUT2D eigenvalue weighted by atomic mass is 16.5. The number of benzene rings is 1. The summed E-state index contributed by atoms with van der Waals surface area (Å²) in [6.07, 6.45) is 0. The average molecular weight is 369 g/mol. The molecule has 3 rings (SSSR count). The van der Waals surface area contributed by atoms with E-state index in [4.69, 9.17) is 4.74 Å². The van der Waals surface area contributed by atoms with Crippen molar-refractivity contribution in [3.05, 3.63) is 42.0 Å². The fourth-order valence-corrected chi connectivity index (χ4v) is 2.96. The first-order valence-electron chi connectivity index (χ1n) is 8.73. The highest BCUT2D eigenvalue weighted by Gasteiger charge is 2.25. The Morgan fingerprint density at radius 2 is 1.70 bits per heavy atom. The number of piperazine rings is 1. The fourth-order valence-electron chi connectivity index (χ4n) is 2.96. The van der Waals surface area contributed by atoms with Gasteiger partial charge in [0.15, 0.2) is 0 Å². The molecule has 1 aromatic heterocycles. The van der Waals surface area contributed by atoms with Crippen molar-refractivity contribution in [2.24, 2.45) is 0 Å². The Balaban J connectivity index is 1.70. The molecule has 1 fully saturated rings. The van der Waals surface area contributed by atoms with E-state index in [9.17, 15) is 9.59 Å². The highest BCUT2D eigenvalue weighted by Crippen LogP contribution is 2.20. The summed E-state index contributed by atoms with van der Waals surface area (Å²) in [4.78, 5) is 30.0. The predicted molar refractivity (Wildman–Crippen MR) is 101 cm³/mol. The van der Waals surface area contributed by atoms with E-state index in [-0.39, 0.29) is 11.9 Å². The third kappa shape index (κ3) is 4.16. The van der Waals surface area contributed by atoms with Crippen molar-refractivity contribution >= 4 is 11.9 Å². The second-order valence-electron chi connectivity index (χ2n) is 6.50. The van der Waals surface area contributed by atoms with Crippen molar-refractivity contribution in [2.75, 3.05) is 47.4 Å². The molecule has 8 nitrogen and oxygen atoms in total.